The highest BCUT2D eigenvalue weighted by Gasteiger charge is 2.25. The molecule has 4 heteroatoms. The molecule has 4 nitrogen and oxygen atoms in total. The maximum atomic E-state index is 5.96. The van der Waals surface area contributed by atoms with Gasteiger partial charge >= 0.3 is 0 Å². The average molecular weight is 223 g/mol. The fourth-order valence-electron chi connectivity index (χ4n) is 2.59. The minimum atomic E-state index is 0.379. The zero-order valence-electron chi connectivity index (χ0n) is 10.4. The molecule has 1 aliphatic carbocycles. The molecule has 0 aliphatic heterocycles. The zero-order chi connectivity index (χ0) is 11.7. The van der Waals surface area contributed by atoms with Gasteiger partial charge in [0.2, 0.25) is 0 Å². The third-order valence-electron chi connectivity index (χ3n) is 3.66. The van der Waals surface area contributed by atoms with Crippen LogP contribution in [0.1, 0.15) is 43.1 Å². The predicted octanol–water partition coefficient (Wildman–Crippen LogP) is 2.21. The summed E-state index contributed by atoms with van der Waals surface area (Å²) in [4.78, 5) is 0. The number of nitrogen functional groups attached to an aromatic ring is 1. The number of nitrogens with two attached hydrogens (primary N) is 1. The molecule has 1 aliphatic rings. The Bertz CT molecular complexity index is 373. The fourth-order valence-corrected chi connectivity index (χ4v) is 2.59. The lowest BCUT2D eigenvalue weighted by molar-refractivity contribution is 0.0504. The molecular formula is C12H21N3O. The molecule has 2 N–H and O–H groups in total. The Morgan fingerprint density at radius 3 is 2.69 bits per heavy atom. The molecule has 2 rings (SSSR count). The summed E-state index contributed by atoms with van der Waals surface area (Å²) in [5, 5.41) is 4.54. The van der Waals surface area contributed by atoms with Crippen molar-refractivity contribution in [1.82, 2.24) is 9.78 Å². The van der Waals surface area contributed by atoms with Gasteiger partial charge in [0.1, 0.15) is 0 Å². The van der Waals surface area contributed by atoms with Crippen molar-refractivity contribution in [3.63, 3.8) is 0 Å². The van der Waals surface area contributed by atoms with E-state index < -0.39 is 0 Å². The highest BCUT2D eigenvalue weighted by Crippen LogP contribution is 2.32. The number of anilines is 1. The number of hydrogen-bond donors (Lipinski definition) is 1. The van der Waals surface area contributed by atoms with E-state index in [1.54, 1.807) is 7.11 Å². The van der Waals surface area contributed by atoms with Crippen LogP contribution in [0.15, 0.2) is 0 Å². The van der Waals surface area contributed by atoms with Crippen molar-refractivity contribution in [2.45, 2.75) is 51.7 Å². The first-order chi connectivity index (χ1) is 7.63. The Kier molecular flexibility index (Phi) is 3.19. The monoisotopic (exact) mass is 223 g/mol. The van der Waals surface area contributed by atoms with E-state index in [-0.39, 0.29) is 0 Å². The van der Waals surface area contributed by atoms with E-state index in [0.717, 1.165) is 23.5 Å². The Balaban J connectivity index is 2.20. The molecule has 0 aromatic carbocycles. The normalized spacial score (nSPS) is 25.9. The van der Waals surface area contributed by atoms with E-state index in [1.807, 2.05) is 13.8 Å². The Morgan fingerprint density at radius 2 is 2.12 bits per heavy atom. The fraction of sp³-hybridized carbons (Fsp3) is 0.750. The smallest absolute Gasteiger partial charge is 0.0826 e. The van der Waals surface area contributed by atoms with Crippen molar-refractivity contribution < 1.29 is 4.74 Å². The minimum Gasteiger partial charge on any atom is -0.396 e. The van der Waals surface area contributed by atoms with E-state index in [2.05, 4.69) is 9.78 Å². The highest BCUT2D eigenvalue weighted by molar-refractivity contribution is 5.47. The molecule has 1 fully saturated rings. The number of methoxy groups -OCH3 is 1. The Morgan fingerprint density at radius 1 is 1.38 bits per heavy atom. The van der Waals surface area contributed by atoms with Crippen LogP contribution in [0, 0.1) is 13.8 Å². The predicted molar refractivity (Wildman–Crippen MR) is 64.4 cm³/mol. The molecule has 1 aromatic rings. The van der Waals surface area contributed by atoms with Gasteiger partial charge in [-0.15, -0.1) is 0 Å². The van der Waals surface area contributed by atoms with E-state index in [9.17, 15) is 0 Å². The van der Waals surface area contributed by atoms with Crippen molar-refractivity contribution in [3.05, 3.63) is 11.4 Å². The molecule has 2 atom stereocenters. The van der Waals surface area contributed by atoms with Gasteiger partial charge in [0.05, 0.1) is 29.2 Å². The number of nitrogens with zero attached hydrogens (tertiary/aromatic N) is 2. The average Bonchev–Trinajstić information content (AvgIpc) is 2.57. The summed E-state index contributed by atoms with van der Waals surface area (Å²) in [5.41, 5.74) is 8.83. The van der Waals surface area contributed by atoms with Crippen molar-refractivity contribution in [3.8, 4) is 0 Å². The molecule has 1 aromatic heterocycles. The molecule has 0 spiro atoms. The largest absolute Gasteiger partial charge is 0.396 e. The van der Waals surface area contributed by atoms with Crippen LogP contribution in [-0.4, -0.2) is 23.0 Å². The van der Waals surface area contributed by atoms with Gasteiger partial charge in [0.15, 0.2) is 0 Å². The van der Waals surface area contributed by atoms with Crippen LogP contribution in [0.4, 0.5) is 5.69 Å². The van der Waals surface area contributed by atoms with Crippen LogP contribution >= 0.6 is 0 Å². The van der Waals surface area contributed by atoms with Crippen LogP contribution in [0.5, 0.6) is 0 Å². The van der Waals surface area contributed by atoms with Crippen molar-refractivity contribution in [1.29, 1.82) is 0 Å². The molecule has 0 amide bonds. The molecule has 1 saturated carbocycles. The molecule has 90 valence electrons. The van der Waals surface area contributed by atoms with Crippen molar-refractivity contribution >= 4 is 5.69 Å². The Labute approximate surface area is 96.8 Å². The quantitative estimate of drug-likeness (QED) is 0.836. The van der Waals surface area contributed by atoms with Gasteiger partial charge in [-0.3, -0.25) is 4.68 Å². The molecule has 16 heavy (non-hydrogen) atoms. The molecule has 2 unspecified atom stereocenters. The first-order valence-electron chi connectivity index (χ1n) is 5.97. The topological polar surface area (TPSA) is 53.1 Å². The van der Waals surface area contributed by atoms with Gasteiger partial charge in [-0.2, -0.15) is 5.10 Å². The lowest BCUT2D eigenvalue weighted by Crippen LogP contribution is -2.25. The summed E-state index contributed by atoms with van der Waals surface area (Å²) < 4.78 is 7.54. The Hall–Kier alpha value is -1.03. The lowest BCUT2D eigenvalue weighted by atomic mass is 9.93. The molecular weight excluding hydrogens is 202 g/mol. The molecule has 0 radical (unpaired) electrons. The van der Waals surface area contributed by atoms with Gasteiger partial charge in [-0.05, 0) is 39.5 Å². The highest BCUT2D eigenvalue weighted by atomic mass is 16.5. The van der Waals surface area contributed by atoms with Gasteiger partial charge in [0.25, 0.3) is 0 Å². The molecule has 0 saturated heterocycles. The zero-order valence-corrected chi connectivity index (χ0v) is 10.4. The van der Waals surface area contributed by atoms with Crippen LogP contribution in [0.2, 0.25) is 0 Å². The summed E-state index contributed by atoms with van der Waals surface area (Å²) in [7, 11) is 1.79. The van der Waals surface area contributed by atoms with E-state index >= 15 is 0 Å². The third-order valence-corrected chi connectivity index (χ3v) is 3.66. The second-order valence-electron chi connectivity index (χ2n) is 4.71. The maximum Gasteiger partial charge on any atom is 0.0826 e. The summed E-state index contributed by atoms with van der Waals surface area (Å²) in [6.45, 7) is 4.02. The van der Waals surface area contributed by atoms with Crippen molar-refractivity contribution in [2.75, 3.05) is 12.8 Å². The minimum absolute atomic E-state index is 0.379. The summed E-state index contributed by atoms with van der Waals surface area (Å²) in [6.07, 6.45) is 4.99. The van der Waals surface area contributed by atoms with Crippen LogP contribution < -0.4 is 5.73 Å². The second-order valence-corrected chi connectivity index (χ2v) is 4.71. The van der Waals surface area contributed by atoms with Gasteiger partial charge < -0.3 is 10.5 Å². The molecule has 1 heterocycles. The van der Waals surface area contributed by atoms with Crippen molar-refractivity contribution in [2.24, 2.45) is 0 Å². The second kappa shape index (κ2) is 4.45. The number of aromatic nitrogens is 2. The number of rotatable bonds is 2. The molecule has 0 bridgehead atoms. The number of ether oxygens (including phenoxy) is 1. The van der Waals surface area contributed by atoms with Crippen LogP contribution in [0.3, 0.4) is 0 Å². The SMILES string of the molecule is COC1CCCC(n2nc(C)c(N)c2C)C1. The van der Waals surface area contributed by atoms with E-state index in [4.69, 9.17) is 10.5 Å². The summed E-state index contributed by atoms with van der Waals surface area (Å²) >= 11 is 0. The maximum absolute atomic E-state index is 5.96. The van der Waals surface area contributed by atoms with Crippen LogP contribution in [-0.2, 0) is 4.74 Å². The van der Waals surface area contributed by atoms with E-state index in [0.29, 0.717) is 12.1 Å². The van der Waals surface area contributed by atoms with Gasteiger partial charge in [0, 0.05) is 7.11 Å². The van der Waals surface area contributed by atoms with Crippen LogP contribution in [0.25, 0.3) is 0 Å². The van der Waals surface area contributed by atoms with E-state index in [1.165, 1.54) is 19.3 Å². The summed E-state index contributed by atoms with van der Waals surface area (Å²) in [6, 6.07) is 0.453. The first-order valence-corrected chi connectivity index (χ1v) is 5.97. The first kappa shape index (κ1) is 11.5. The van der Waals surface area contributed by atoms with Gasteiger partial charge in [-0.1, -0.05) is 0 Å². The number of hydrogen-bond acceptors (Lipinski definition) is 3. The standard InChI is InChI=1S/C12H21N3O/c1-8-12(13)9(2)15(14-8)10-5-4-6-11(7-10)16-3/h10-11H,4-7,13H2,1-3H3. The third kappa shape index (κ3) is 1.94. The lowest BCUT2D eigenvalue weighted by Gasteiger charge is -2.29. The summed E-state index contributed by atoms with van der Waals surface area (Å²) in [5.74, 6) is 0. The van der Waals surface area contributed by atoms with Gasteiger partial charge in [-0.25, -0.2) is 0 Å². The number of aryl methyl sites for hydroxylation is 1.